The van der Waals surface area contributed by atoms with Crippen molar-refractivity contribution in [1.82, 2.24) is 15.4 Å². The van der Waals surface area contributed by atoms with Crippen LogP contribution in [0.1, 0.15) is 25.7 Å². The Morgan fingerprint density at radius 1 is 1.41 bits per heavy atom. The minimum Gasteiger partial charge on any atom is -0.355 e. The van der Waals surface area contributed by atoms with Gasteiger partial charge in [-0.25, -0.2) is 13.1 Å². The van der Waals surface area contributed by atoms with Crippen LogP contribution in [0, 0.1) is 0 Å². The molecular formula is C10H21N3O3S. The Kier molecular flexibility index (Phi) is 5.87. The lowest BCUT2D eigenvalue weighted by molar-refractivity contribution is -0.121. The van der Waals surface area contributed by atoms with E-state index in [9.17, 15) is 13.2 Å². The fourth-order valence-corrected chi connectivity index (χ4v) is 2.31. The molecule has 1 atom stereocenters. The lowest BCUT2D eigenvalue weighted by Crippen LogP contribution is -2.34. The summed E-state index contributed by atoms with van der Waals surface area (Å²) in [7, 11) is -3.16. The van der Waals surface area contributed by atoms with Crippen molar-refractivity contribution in [1.29, 1.82) is 0 Å². The molecule has 1 saturated heterocycles. The molecule has 0 bridgehead atoms. The molecule has 0 radical (unpaired) electrons. The molecule has 0 saturated carbocycles. The monoisotopic (exact) mass is 263 g/mol. The van der Waals surface area contributed by atoms with Gasteiger partial charge in [0.15, 0.2) is 0 Å². The fourth-order valence-electron chi connectivity index (χ4n) is 1.84. The van der Waals surface area contributed by atoms with Gasteiger partial charge < -0.3 is 10.6 Å². The molecule has 0 spiro atoms. The van der Waals surface area contributed by atoms with Gasteiger partial charge in [-0.3, -0.25) is 4.79 Å². The first-order valence-electron chi connectivity index (χ1n) is 5.92. The number of rotatable bonds is 7. The second-order valence-corrected chi connectivity index (χ2v) is 6.18. The van der Waals surface area contributed by atoms with Gasteiger partial charge in [-0.05, 0) is 25.8 Å². The van der Waals surface area contributed by atoms with E-state index >= 15 is 0 Å². The zero-order chi connectivity index (χ0) is 12.7. The van der Waals surface area contributed by atoms with Crippen molar-refractivity contribution in [2.75, 3.05) is 25.9 Å². The van der Waals surface area contributed by atoms with Crippen LogP contribution in [0.2, 0.25) is 0 Å². The average molecular weight is 263 g/mol. The zero-order valence-electron chi connectivity index (χ0n) is 10.2. The molecule has 17 heavy (non-hydrogen) atoms. The summed E-state index contributed by atoms with van der Waals surface area (Å²) in [6, 6.07) is 0.467. The van der Waals surface area contributed by atoms with Crippen LogP contribution in [0.5, 0.6) is 0 Å². The lowest BCUT2D eigenvalue weighted by Gasteiger charge is -2.10. The molecule has 1 fully saturated rings. The second kappa shape index (κ2) is 6.93. The molecule has 1 rings (SSSR count). The minimum absolute atomic E-state index is 0.0194. The topological polar surface area (TPSA) is 87.3 Å². The maximum Gasteiger partial charge on any atom is 0.220 e. The molecule has 7 heteroatoms. The number of hydrogen-bond donors (Lipinski definition) is 3. The highest BCUT2D eigenvalue weighted by molar-refractivity contribution is 7.88. The Hall–Kier alpha value is -0.660. The maximum absolute atomic E-state index is 11.4. The van der Waals surface area contributed by atoms with Crippen molar-refractivity contribution in [3.63, 3.8) is 0 Å². The van der Waals surface area contributed by atoms with Gasteiger partial charge in [0, 0.05) is 25.6 Å². The van der Waals surface area contributed by atoms with Crippen LogP contribution in [0.25, 0.3) is 0 Å². The van der Waals surface area contributed by atoms with Crippen LogP contribution in [0.3, 0.4) is 0 Å². The van der Waals surface area contributed by atoms with E-state index in [1.165, 1.54) is 6.42 Å². The highest BCUT2D eigenvalue weighted by Gasteiger charge is 2.14. The van der Waals surface area contributed by atoms with Crippen LogP contribution in [-0.2, 0) is 14.8 Å². The Bertz CT molecular complexity index is 337. The highest BCUT2D eigenvalue weighted by atomic mass is 32.2. The van der Waals surface area contributed by atoms with Crippen LogP contribution in [0.15, 0.2) is 0 Å². The van der Waals surface area contributed by atoms with E-state index in [2.05, 4.69) is 15.4 Å². The minimum atomic E-state index is -3.16. The zero-order valence-corrected chi connectivity index (χ0v) is 11.0. The maximum atomic E-state index is 11.4. The molecule has 3 N–H and O–H groups in total. The molecule has 0 aliphatic carbocycles. The van der Waals surface area contributed by atoms with E-state index in [0.717, 1.165) is 25.6 Å². The highest BCUT2D eigenvalue weighted by Crippen LogP contribution is 2.10. The van der Waals surface area contributed by atoms with Crippen molar-refractivity contribution in [2.45, 2.75) is 31.7 Å². The Morgan fingerprint density at radius 2 is 2.18 bits per heavy atom. The van der Waals surface area contributed by atoms with Gasteiger partial charge in [-0.1, -0.05) is 0 Å². The summed E-state index contributed by atoms with van der Waals surface area (Å²) in [6.45, 7) is 1.63. The molecule has 1 amide bonds. The van der Waals surface area contributed by atoms with Crippen molar-refractivity contribution in [3.8, 4) is 0 Å². The Balaban J connectivity index is 2.01. The summed E-state index contributed by atoms with van der Waals surface area (Å²) >= 11 is 0. The van der Waals surface area contributed by atoms with Crippen molar-refractivity contribution in [2.24, 2.45) is 0 Å². The smallest absolute Gasteiger partial charge is 0.220 e. The number of nitrogens with one attached hydrogen (secondary N) is 3. The second-order valence-electron chi connectivity index (χ2n) is 4.35. The van der Waals surface area contributed by atoms with E-state index in [4.69, 9.17) is 0 Å². The van der Waals surface area contributed by atoms with Gasteiger partial charge in [0.1, 0.15) is 0 Å². The number of hydrogen-bond acceptors (Lipinski definition) is 4. The first kappa shape index (κ1) is 14.4. The molecule has 1 aliphatic rings. The summed E-state index contributed by atoms with van der Waals surface area (Å²) in [4.78, 5) is 11.4. The molecule has 0 aromatic rings. The molecule has 0 aromatic heterocycles. The van der Waals surface area contributed by atoms with E-state index in [-0.39, 0.29) is 12.5 Å². The first-order chi connectivity index (χ1) is 7.97. The lowest BCUT2D eigenvalue weighted by atomic mass is 10.1. The summed E-state index contributed by atoms with van der Waals surface area (Å²) < 4.78 is 23.8. The van der Waals surface area contributed by atoms with E-state index in [1.54, 1.807) is 0 Å². The van der Waals surface area contributed by atoms with Crippen LogP contribution < -0.4 is 15.4 Å². The molecule has 1 unspecified atom stereocenters. The van der Waals surface area contributed by atoms with Crippen molar-refractivity contribution < 1.29 is 13.2 Å². The van der Waals surface area contributed by atoms with Crippen LogP contribution in [-0.4, -0.2) is 46.3 Å². The number of amides is 1. The van der Waals surface area contributed by atoms with Gasteiger partial charge in [0.2, 0.25) is 15.9 Å². The van der Waals surface area contributed by atoms with Crippen LogP contribution >= 0.6 is 0 Å². The van der Waals surface area contributed by atoms with Crippen molar-refractivity contribution in [3.05, 3.63) is 0 Å². The number of carbonyl (C=O) groups is 1. The number of carbonyl (C=O) groups excluding carboxylic acids is 1. The summed E-state index contributed by atoms with van der Waals surface area (Å²) in [6.07, 6.45) is 4.77. The van der Waals surface area contributed by atoms with Crippen molar-refractivity contribution >= 4 is 15.9 Å². The molecule has 100 valence electrons. The van der Waals surface area contributed by atoms with Gasteiger partial charge >= 0.3 is 0 Å². The van der Waals surface area contributed by atoms with Crippen LogP contribution in [0.4, 0.5) is 0 Å². The first-order valence-corrected chi connectivity index (χ1v) is 7.81. The molecule has 6 nitrogen and oxygen atoms in total. The van der Waals surface area contributed by atoms with E-state index in [0.29, 0.717) is 19.0 Å². The predicted octanol–water partition coefficient (Wildman–Crippen LogP) is -0.816. The Labute approximate surface area is 103 Å². The SMILES string of the molecule is CS(=O)(=O)NCCNC(=O)CCC1CCCN1. The third kappa shape index (κ3) is 7.30. The van der Waals surface area contributed by atoms with E-state index < -0.39 is 10.0 Å². The fraction of sp³-hybridized carbons (Fsp3) is 0.900. The predicted molar refractivity (Wildman–Crippen MR) is 66.1 cm³/mol. The van der Waals surface area contributed by atoms with E-state index in [1.807, 2.05) is 0 Å². The summed E-state index contributed by atoms with van der Waals surface area (Å²) in [5.41, 5.74) is 0. The van der Waals surface area contributed by atoms with Gasteiger partial charge in [0.05, 0.1) is 6.26 Å². The van der Waals surface area contributed by atoms with Gasteiger partial charge in [0.25, 0.3) is 0 Å². The summed E-state index contributed by atoms with van der Waals surface area (Å²) in [5.74, 6) is -0.0194. The molecule has 1 heterocycles. The van der Waals surface area contributed by atoms with Gasteiger partial charge in [-0.15, -0.1) is 0 Å². The third-order valence-corrected chi connectivity index (χ3v) is 3.42. The number of sulfonamides is 1. The average Bonchev–Trinajstić information content (AvgIpc) is 2.73. The quantitative estimate of drug-likeness (QED) is 0.524. The molecular weight excluding hydrogens is 242 g/mol. The third-order valence-electron chi connectivity index (χ3n) is 2.69. The summed E-state index contributed by atoms with van der Waals surface area (Å²) in [5, 5.41) is 6.01. The molecule has 1 aliphatic heterocycles. The largest absolute Gasteiger partial charge is 0.355 e. The standard InChI is InChI=1S/C10H21N3O3S/c1-17(15,16)13-8-7-12-10(14)5-4-9-3-2-6-11-9/h9,11,13H,2-8H2,1H3,(H,12,14). The molecule has 0 aromatic carbocycles. The normalized spacial score (nSPS) is 20.4. The van der Waals surface area contributed by atoms with Gasteiger partial charge in [-0.2, -0.15) is 0 Å². The Morgan fingerprint density at radius 3 is 2.76 bits per heavy atom.